The van der Waals surface area contributed by atoms with Gasteiger partial charge in [-0.2, -0.15) is 5.26 Å². The first-order valence-corrected chi connectivity index (χ1v) is 5.66. The van der Waals surface area contributed by atoms with Crippen molar-refractivity contribution in [2.24, 2.45) is 0 Å². The number of fused-ring (bicyclic) bond motifs is 3. The number of aromatic nitrogens is 2. The smallest absolute Gasteiger partial charge is 0.258 e. The van der Waals surface area contributed by atoms with E-state index >= 15 is 0 Å². The number of hydrogen-bond acceptors (Lipinski definition) is 2. The number of H-pyrrole nitrogens is 1. The third kappa shape index (κ3) is 1.28. The van der Waals surface area contributed by atoms with Gasteiger partial charge in [0.25, 0.3) is 5.56 Å². The predicted octanol–water partition coefficient (Wildman–Crippen LogP) is 2.27. The Kier molecular flexibility index (Phi) is 2.05. The SMILES string of the molecule is Cc1ccc2c(c1)c(=O)[nH]c1c(C#N)c(C)cn12. The molecule has 0 amide bonds. The van der Waals surface area contributed by atoms with Crippen LogP contribution < -0.4 is 5.56 Å². The lowest BCUT2D eigenvalue weighted by molar-refractivity contribution is 1.16. The van der Waals surface area contributed by atoms with Gasteiger partial charge in [-0.25, -0.2) is 0 Å². The van der Waals surface area contributed by atoms with E-state index in [1.54, 1.807) is 0 Å². The summed E-state index contributed by atoms with van der Waals surface area (Å²) in [6.45, 7) is 3.81. The minimum Gasteiger partial charge on any atom is -0.306 e. The maximum Gasteiger partial charge on any atom is 0.258 e. The molecule has 4 heteroatoms. The van der Waals surface area contributed by atoms with Crippen LogP contribution in [-0.4, -0.2) is 9.38 Å². The van der Waals surface area contributed by atoms with Crippen molar-refractivity contribution in [1.29, 1.82) is 5.26 Å². The molecule has 0 aliphatic heterocycles. The first-order valence-electron chi connectivity index (χ1n) is 5.66. The van der Waals surface area contributed by atoms with Crippen LogP contribution in [0.5, 0.6) is 0 Å². The third-order valence-corrected chi connectivity index (χ3v) is 3.19. The minimum atomic E-state index is -0.157. The standard InChI is InChI=1S/C14H11N3O/c1-8-3-4-12-10(5-8)14(18)16-13-11(6-15)9(2)7-17(12)13/h3-5,7H,1-2H3,(H,16,18). The maximum atomic E-state index is 12.0. The highest BCUT2D eigenvalue weighted by Gasteiger charge is 2.11. The lowest BCUT2D eigenvalue weighted by Gasteiger charge is -2.03. The van der Waals surface area contributed by atoms with Crippen LogP contribution in [0.2, 0.25) is 0 Å². The number of nitrogens with zero attached hydrogens (tertiary/aromatic N) is 2. The summed E-state index contributed by atoms with van der Waals surface area (Å²) in [7, 11) is 0. The number of benzene rings is 1. The predicted molar refractivity (Wildman–Crippen MR) is 69.7 cm³/mol. The van der Waals surface area contributed by atoms with Crippen molar-refractivity contribution in [2.75, 3.05) is 0 Å². The second kappa shape index (κ2) is 3.47. The lowest BCUT2D eigenvalue weighted by Crippen LogP contribution is -2.09. The molecule has 0 aliphatic rings. The molecule has 0 aliphatic carbocycles. The molecule has 0 fully saturated rings. The van der Waals surface area contributed by atoms with Gasteiger partial charge in [0.1, 0.15) is 11.7 Å². The molecule has 0 saturated carbocycles. The van der Waals surface area contributed by atoms with Gasteiger partial charge in [0.15, 0.2) is 0 Å². The van der Waals surface area contributed by atoms with Crippen molar-refractivity contribution < 1.29 is 0 Å². The van der Waals surface area contributed by atoms with Gasteiger partial charge in [0.05, 0.1) is 16.5 Å². The summed E-state index contributed by atoms with van der Waals surface area (Å²) in [4.78, 5) is 14.8. The average molecular weight is 237 g/mol. The molecule has 1 aromatic carbocycles. The molecule has 88 valence electrons. The zero-order chi connectivity index (χ0) is 12.9. The fourth-order valence-electron chi connectivity index (χ4n) is 2.30. The Labute approximate surface area is 103 Å². The molecule has 0 bridgehead atoms. The Hall–Kier alpha value is -2.54. The maximum absolute atomic E-state index is 12.0. The summed E-state index contributed by atoms with van der Waals surface area (Å²) in [5.41, 5.74) is 3.66. The van der Waals surface area contributed by atoms with Crippen LogP contribution in [0.15, 0.2) is 29.2 Å². The molecule has 0 unspecified atom stereocenters. The number of rotatable bonds is 0. The molecule has 4 nitrogen and oxygen atoms in total. The number of aryl methyl sites for hydroxylation is 2. The molecule has 0 radical (unpaired) electrons. The number of hydrogen-bond donors (Lipinski definition) is 1. The second-order valence-corrected chi connectivity index (χ2v) is 4.49. The van der Waals surface area contributed by atoms with Gasteiger partial charge < -0.3 is 9.38 Å². The van der Waals surface area contributed by atoms with Crippen LogP contribution in [0.1, 0.15) is 16.7 Å². The van der Waals surface area contributed by atoms with Crippen molar-refractivity contribution in [3.05, 3.63) is 51.4 Å². The highest BCUT2D eigenvalue weighted by Crippen LogP contribution is 2.19. The topological polar surface area (TPSA) is 61.1 Å². The fraction of sp³-hybridized carbons (Fsp3) is 0.143. The molecule has 2 aromatic heterocycles. The van der Waals surface area contributed by atoms with Crippen LogP contribution in [0.3, 0.4) is 0 Å². The van der Waals surface area contributed by atoms with E-state index in [4.69, 9.17) is 5.26 Å². The highest BCUT2D eigenvalue weighted by atomic mass is 16.1. The Bertz CT molecular complexity index is 878. The summed E-state index contributed by atoms with van der Waals surface area (Å²) in [5, 5.41) is 9.77. The Morgan fingerprint density at radius 2 is 2.11 bits per heavy atom. The molecule has 0 saturated heterocycles. The van der Waals surface area contributed by atoms with Crippen LogP contribution in [0.25, 0.3) is 16.6 Å². The summed E-state index contributed by atoms with van der Waals surface area (Å²) in [5.74, 6) is 0. The summed E-state index contributed by atoms with van der Waals surface area (Å²) < 4.78 is 1.87. The Morgan fingerprint density at radius 1 is 1.33 bits per heavy atom. The third-order valence-electron chi connectivity index (χ3n) is 3.19. The van der Waals surface area contributed by atoms with Crippen molar-refractivity contribution >= 4 is 16.6 Å². The van der Waals surface area contributed by atoms with Gasteiger partial charge in [0.2, 0.25) is 0 Å². The van der Waals surface area contributed by atoms with E-state index < -0.39 is 0 Å². The van der Waals surface area contributed by atoms with Gasteiger partial charge in [-0.3, -0.25) is 4.79 Å². The lowest BCUT2D eigenvalue weighted by atomic mass is 10.1. The van der Waals surface area contributed by atoms with E-state index in [2.05, 4.69) is 11.1 Å². The van der Waals surface area contributed by atoms with Gasteiger partial charge in [-0.1, -0.05) is 11.6 Å². The van der Waals surface area contributed by atoms with E-state index in [-0.39, 0.29) is 5.56 Å². The van der Waals surface area contributed by atoms with Gasteiger partial charge in [-0.05, 0) is 31.5 Å². The van der Waals surface area contributed by atoms with Crippen molar-refractivity contribution in [1.82, 2.24) is 9.38 Å². The summed E-state index contributed by atoms with van der Waals surface area (Å²) >= 11 is 0. The van der Waals surface area contributed by atoms with Crippen LogP contribution in [0.4, 0.5) is 0 Å². The van der Waals surface area contributed by atoms with Crippen molar-refractivity contribution in [3.63, 3.8) is 0 Å². The molecular formula is C14H11N3O. The zero-order valence-electron chi connectivity index (χ0n) is 10.1. The normalized spacial score (nSPS) is 10.9. The molecule has 0 atom stereocenters. The van der Waals surface area contributed by atoms with E-state index in [1.165, 1.54) is 0 Å². The molecule has 18 heavy (non-hydrogen) atoms. The molecular weight excluding hydrogens is 226 g/mol. The second-order valence-electron chi connectivity index (χ2n) is 4.49. The number of aromatic amines is 1. The van der Waals surface area contributed by atoms with E-state index in [0.29, 0.717) is 16.6 Å². The Morgan fingerprint density at radius 3 is 2.83 bits per heavy atom. The van der Waals surface area contributed by atoms with Crippen molar-refractivity contribution in [3.8, 4) is 6.07 Å². The quantitative estimate of drug-likeness (QED) is 0.652. The van der Waals surface area contributed by atoms with Crippen molar-refractivity contribution in [2.45, 2.75) is 13.8 Å². The number of nitriles is 1. The van der Waals surface area contributed by atoms with Crippen LogP contribution >= 0.6 is 0 Å². The summed E-state index contributed by atoms with van der Waals surface area (Å²) in [6, 6.07) is 7.86. The van der Waals surface area contributed by atoms with E-state index in [9.17, 15) is 4.79 Å². The summed E-state index contributed by atoms with van der Waals surface area (Å²) in [6.07, 6.45) is 1.88. The van der Waals surface area contributed by atoms with E-state index in [0.717, 1.165) is 16.6 Å². The largest absolute Gasteiger partial charge is 0.306 e. The molecule has 1 N–H and O–H groups in total. The first kappa shape index (κ1) is 10.6. The fourth-order valence-corrected chi connectivity index (χ4v) is 2.30. The molecule has 3 aromatic rings. The van der Waals surface area contributed by atoms with Gasteiger partial charge in [0, 0.05) is 6.20 Å². The molecule has 3 rings (SSSR count). The van der Waals surface area contributed by atoms with Gasteiger partial charge >= 0.3 is 0 Å². The highest BCUT2D eigenvalue weighted by molar-refractivity contribution is 5.82. The van der Waals surface area contributed by atoms with E-state index in [1.807, 2.05) is 42.6 Å². The minimum absolute atomic E-state index is 0.157. The number of nitrogens with one attached hydrogen (secondary N) is 1. The Balaban J connectivity index is 2.64. The molecule has 0 spiro atoms. The van der Waals surface area contributed by atoms with Crippen LogP contribution in [0, 0.1) is 25.2 Å². The van der Waals surface area contributed by atoms with Crippen LogP contribution in [-0.2, 0) is 0 Å². The average Bonchev–Trinajstić information content (AvgIpc) is 2.65. The zero-order valence-corrected chi connectivity index (χ0v) is 10.1. The first-order chi connectivity index (χ1) is 8.61. The van der Waals surface area contributed by atoms with Gasteiger partial charge in [-0.15, -0.1) is 0 Å². The molecule has 2 heterocycles. The monoisotopic (exact) mass is 237 g/mol.